The molecule has 1 aromatic heterocycles. The molecule has 1 aliphatic rings. The Morgan fingerprint density at radius 3 is 2.08 bits per heavy atom. The maximum absolute atomic E-state index is 13.4. The van der Waals surface area contributed by atoms with Gasteiger partial charge >= 0.3 is 5.97 Å². The Labute approximate surface area is 217 Å². The molecule has 5 rings (SSSR count). The van der Waals surface area contributed by atoms with Crippen molar-refractivity contribution in [3.05, 3.63) is 90.5 Å². The molecule has 7 nitrogen and oxygen atoms in total. The van der Waals surface area contributed by atoms with E-state index in [0.717, 1.165) is 43.0 Å². The van der Waals surface area contributed by atoms with Crippen LogP contribution in [0.3, 0.4) is 0 Å². The third kappa shape index (κ3) is 5.47. The first-order valence-corrected chi connectivity index (χ1v) is 12.6. The second-order valence-corrected chi connectivity index (χ2v) is 9.06. The second-order valence-electron chi connectivity index (χ2n) is 9.06. The average molecular weight is 494 g/mol. The fourth-order valence-electron chi connectivity index (χ4n) is 4.57. The number of anilines is 3. The molecule has 188 valence electrons. The highest BCUT2D eigenvalue weighted by molar-refractivity contribution is 6.05. The average Bonchev–Trinajstić information content (AvgIpc) is 2.95. The molecule has 0 atom stereocenters. The summed E-state index contributed by atoms with van der Waals surface area (Å²) in [6.07, 6.45) is 0. The summed E-state index contributed by atoms with van der Waals surface area (Å²) in [6.45, 7) is 6.17. The first-order valence-electron chi connectivity index (χ1n) is 12.6. The standard InChI is InChI=1S/C30H31N5O2/c1-3-37-30(36)27-26(22-10-6-4-7-11-22)28(23-12-8-5-9-13-23)32-33-29(27)31-24-14-16-25(17-15-24)35-20-18-34(2)19-21-35/h4-17H,3,18-21H2,1-2H3,(H,31,33). The van der Waals surface area contributed by atoms with E-state index < -0.39 is 5.97 Å². The van der Waals surface area contributed by atoms with Gasteiger partial charge in [-0.05, 0) is 43.8 Å². The molecule has 1 aliphatic heterocycles. The van der Waals surface area contributed by atoms with Gasteiger partial charge in [-0.1, -0.05) is 60.7 Å². The van der Waals surface area contributed by atoms with E-state index in [1.165, 1.54) is 5.69 Å². The number of hydrogen-bond acceptors (Lipinski definition) is 7. The van der Waals surface area contributed by atoms with Crippen LogP contribution in [-0.2, 0) is 4.74 Å². The van der Waals surface area contributed by atoms with E-state index in [1.807, 2.05) is 72.8 Å². The molecule has 0 amide bonds. The summed E-state index contributed by atoms with van der Waals surface area (Å²) < 4.78 is 5.51. The van der Waals surface area contributed by atoms with Gasteiger partial charge < -0.3 is 19.9 Å². The van der Waals surface area contributed by atoms with Crippen molar-refractivity contribution in [2.24, 2.45) is 0 Å². The number of ether oxygens (including phenoxy) is 1. The quantitative estimate of drug-likeness (QED) is 0.342. The Hall–Kier alpha value is -4.23. The predicted octanol–water partition coefficient (Wildman–Crippen LogP) is 5.48. The number of rotatable bonds is 7. The van der Waals surface area contributed by atoms with E-state index in [0.29, 0.717) is 22.6 Å². The van der Waals surface area contributed by atoms with Crippen LogP contribution in [0.15, 0.2) is 84.9 Å². The molecule has 2 heterocycles. The van der Waals surface area contributed by atoms with Crippen molar-refractivity contribution in [2.45, 2.75) is 6.92 Å². The monoisotopic (exact) mass is 493 g/mol. The van der Waals surface area contributed by atoms with E-state index >= 15 is 0 Å². The van der Waals surface area contributed by atoms with Crippen LogP contribution in [-0.4, -0.2) is 60.9 Å². The molecule has 0 spiro atoms. The first-order chi connectivity index (χ1) is 18.1. The van der Waals surface area contributed by atoms with E-state index in [9.17, 15) is 4.79 Å². The maximum atomic E-state index is 13.4. The molecule has 0 radical (unpaired) electrons. The van der Waals surface area contributed by atoms with Crippen molar-refractivity contribution >= 4 is 23.2 Å². The minimum Gasteiger partial charge on any atom is -0.462 e. The van der Waals surface area contributed by atoms with Gasteiger partial charge in [0.2, 0.25) is 0 Å². The maximum Gasteiger partial charge on any atom is 0.342 e. The Balaban J connectivity index is 1.56. The number of likely N-dealkylation sites (N-methyl/N-ethyl adjacent to an activating group) is 1. The molecule has 1 fully saturated rings. The van der Waals surface area contributed by atoms with Gasteiger partial charge in [-0.15, -0.1) is 10.2 Å². The molecule has 3 aromatic carbocycles. The van der Waals surface area contributed by atoms with Crippen LogP contribution in [0.1, 0.15) is 17.3 Å². The molecule has 4 aromatic rings. The van der Waals surface area contributed by atoms with Gasteiger partial charge in [-0.3, -0.25) is 0 Å². The zero-order valence-corrected chi connectivity index (χ0v) is 21.2. The van der Waals surface area contributed by atoms with Crippen LogP contribution in [0.25, 0.3) is 22.4 Å². The van der Waals surface area contributed by atoms with Gasteiger partial charge in [0.15, 0.2) is 5.82 Å². The van der Waals surface area contributed by atoms with Crippen molar-refractivity contribution < 1.29 is 9.53 Å². The van der Waals surface area contributed by atoms with Crippen LogP contribution < -0.4 is 10.2 Å². The highest BCUT2D eigenvalue weighted by atomic mass is 16.5. The summed E-state index contributed by atoms with van der Waals surface area (Å²) in [5.41, 5.74) is 5.44. The number of piperazine rings is 1. The van der Waals surface area contributed by atoms with Crippen LogP contribution in [0.2, 0.25) is 0 Å². The van der Waals surface area contributed by atoms with E-state index in [-0.39, 0.29) is 6.61 Å². The first kappa shape index (κ1) is 24.5. The lowest BCUT2D eigenvalue weighted by molar-refractivity contribution is 0.0528. The van der Waals surface area contributed by atoms with E-state index in [1.54, 1.807) is 6.92 Å². The van der Waals surface area contributed by atoms with Crippen molar-refractivity contribution in [3.63, 3.8) is 0 Å². The molecule has 0 aliphatic carbocycles. The van der Waals surface area contributed by atoms with Gasteiger partial charge in [0, 0.05) is 48.7 Å². The summed E-state index contributed by atoms with van der Waals surface area (Å²) >= 11 is 0. The van der Waals surface area contributed by atoms with Gasteiger partial charge in [-0.25, -0.2) is 4.79 Å². The van der Waals surface area contributed by atoms with Gasteiger partial charge in [0.05, 0.1) is 6.61 Å². The highest BCUT2D eigenvalue weighted by Gasteiger charge is 2.26. The predicted molar refractivity (Wildman–Crippen MR) is 148 cm³/mol. The fraction of sp³-hybridized carbons (Fsp3) is 0.233. The summed E-state index contributed by atoms with van der Waals surface area (Å²) in [4.78, 5) is 18.1. The number of nitrogens with zero attached hydrogens (tertiary/aromatic N) is 4. The summed E-state index contributed by atoms with van der Waals surface area (Å²) in [6, 6.07) is 27.8. The lowest BCUT2D eigenvalue weighted by atomic mass is 9.95. The minimum absolute atomic E-state index is 0.259. The highest BCUT2D eigenvalue weighted by Crippen LogP contribution is 2.37. The minimum atomic E-state index is -0.440. The van der Waals surface area contributed by atoms with Crippen LogP contribution in [0.5, 0.6) is 0 Å². The molecule has 0 saturated carbocycles. The topological polar surface area (TPSA) is 70.6 Å². The Morgan fingerprint density at radius 2 is 1.46 bits per heavy atom. The lowest BCUT2D eigenvalue weighted by Gasteiger charge is -2.34. The summed E-state index contributed by atoms with van der Waals surface area (Å²) in [5, 5.41) is 12.4. The smallest absolute Gasteiger partial charge is 0.342 e. The fourth-order valence-corrected chi connectivity index (χ4v) is 4.57. The number of benzene rings is 3. The van der Waals surface area contributed by atoms with Crippen LogP contribution in [0, 0.1) is 0 Å². The van der Waals surface area contributed by atoms with Crippen molar-refractivity contribution in [1.82, 2.24) is 15.1 Å². The number of esters is 1. The van der Waals surface area contributed by atoms with Gasteiger partial charge in [0.25, 0.3) is 0 Å². The second kappa shape index (κ2) is 11.2. The number of carbonyl (C=O) groups is 1. The zero-order valence-electron chi connectivity index (χ0n) is 21.2. The van der Waals surface area contributed by atoms with Crippen molar-refractivity contribution in [2.75, 3.05) is 50.1 Å². The SMILES string of the molecule is CCOC(=O)c1c(Nc2ccc(N3CCN(C)CC3)cc2)nnc(-c2ccccc2)c1-c1ccccc1. The molecule has 7 heteroatoms. The van der Waals surface area contributed by atoms with E-state index in [2.05, 4.69) is 44.5 Å². The Morgan fingerprint density at radius 1 is 0.838 bits per heavy atom. The van der Waals surface area contributed by atoms with Crippen LogP contribution in [0.4, 0.5) is 17.2 Å². The number of aromatic nitrogens is 2. The van der Waals surface area contributed by atoms with Gasteiger partial charge in [-0.2, -0.15) is 0 Å². The van der Waals surface area contributed by atoms with Crippen LogP contribution >= 0.6 is 0 Å². The van der Waals surface area contributed by atoms with Crippen molar-refractivity contribution in [3.8, 4) is 22.4 Å². The lowest BCUT2D eigenvalue weighted by Crippen LogP contribution is -2.44. The third-order valence-corrected chi connectivity index (χ3v) is 6.56. The Kier molecular flexibility index (Phi) is 7.42. The summed E-state index contributed by atoms with van der Waals surface area (Å²) in [7, 11) is 2.15. The van der Waals surface area contributed by atoms with Crippen molar-refractivity contribution in [1.29, 1.82) is 0 Å². The number of hydrogen-bond donors (Lipinski definition) is 1. The molecular weight excluding hydrogens is 462 g/mol. The molecule has 0 bridgehead atoms. The third-order valence-electron chi connectivity index (χ3n) is 6.56. The molecule has 1 N–H and O–H groups in total. The van der Waals surface area contributed by atoms with E-state index in [4.69, 9.17) is 4.74 Å². The van der Waals surface area contributed by atoms with Gasteiger partial charge in [0.1, 0.15) is 11.3 Å². The Bertz CT molecular complexity index is 1340. The molecule has 1 saturated heterocycles. The number of carbonyl (C=O) groups excluding carboxylic acids is 1. The summed E-state index contributed by atoms with van der Waals surface area (Å²) in [5.74, 6) is -0.0747. The normalized spacial score (nSPS) is 13.8. The number of nitrogens with one attached hydrogen (secondary N) is 1. The molecule has 0 unspecified atom stereocenters. The zero-order chi connectivity index (χ0) is 25.6. The largest absolute Gasteiger partial charge is 0.462 e. The molecule has 37 heavy (non-hydrogen) atoms. The molecular formula is C30H31N5O2.